The minimum absolute atomic E-state index is 0.0631. The molecule has 20 heavy (non-hydrogen) atoms. The number of halogens is 2. The summed E-state index contributed by atoms with van der Waals surface area (Å²) in [4.78, 5) is 11.6. The number of nitrogens with two attached hydrogens (primary N) is 1. The Bertz CT molecular complexity index is 658. The molecule has 0 saturated carbocycles. The average molecular weight is 358 g/mol. The van der Waals surface area contributed by atoms with Crippen molar-refractivity contribution in [3.05, 3.63) is 56.4 Å². The molecule has 106 valence electrons. The second-order valence-corrected chi connectivity index (χ2v) is 5.56. The van der Waals surface area contributed by atoms with Gasteiger partial charge in [-0.2, -0.15) is 0 Å². The van der Waals surface area contributed by atoms with E-state index in [0.29, 0.717) is 30.3 Å². The van der Waals surface area contributed by atoms with E-state index in [2.05, 4.69) is 15.9 Å². The molecule has 0 radical (unpaired) electrons. The number of benzene rings is 1. The van der Waals surface area contributed by atoms with Gasteiger partial charge in [-0.05, 0) is 46.6 Å². The molecular weight excluding hydrogens is 344 g/mol. The van der Waals surface area contributed by atoms with E-state index in [4.69, 9.17) is 22.1 Å². The third-order valence-corrected chi connectivity index (χ3v) is 3.56. The van der Waals surface area contributed by atoms with Crippen LogP contribution in [0.2, 0.25) is 5.02 Å². The minimum Gasteiger partial charge on any atom is -0.492 e. The molecule has 0 bridgehead atoms. The number of hydrogen-bond donors (Lipinski definition) is 1. The molecule has 2 N–H and O–H groups in total. The highest BCUT2D eigenvalue weighted by Gasteiger charge is 2.02. The summed E-state index contributed by atoms with van der Waals surface area (Å²) in [6.45, 7) is 1.07. The maximum Gasteiger partial charge on any atom is 0.250 e. The van der Waals surface area contributed by atoms with Gasteiger partial charge in [-0.3, -0.25) is 4.79 Å². The maximum atomic E-state index is 11.6. The van der Waals surface area contributed by atoms with E-state index >= 15 is 0 Å². The van der Waals surface area contributed by atoms with E-state index in [1.54, 1.807) is 35.0 Å². The van der Waals surface area contributed by atoms with Gasteiger partial charge < -0.3 is 15.0 Å². The molecule has 2 aromatic rings. The molecule has 0 aliphatic heterocycles. The number of aryl methyl sites for hydroxylation is 1. The number of pyridine rings is 1. The van der Waals surface area contributed by atoms with Crippen molar-refractivity contribution in [3.63, 3.8) is 0 Å². The van der Waals surface area contributed by atoms with E-state index in [-0.39, 0.29) is 5.56 Å². The first-order chi connectivity index (χ1) is 9.56. The number of anilines is 1. The fourth-order valence-electron chi connectivity index (χ4n) is 1.73. The maximum absolute atomic E-state index is 11.6. The molecule has 4 nitrogen and oxygen atoms in total. The Morgan fingerprint density at radius 3 is 2.85 bits per heavy atom. The third-order valence-electron chi connectivity index (χ3n) is 2.70. The van der Waals surface area contributed by atoms with Gasteiger partial charge in [0.15, 0.2) is 0 Å². The number of hydrogen-bond acceptors (Lipinski definition) is 3. The van der Waals surface area contributed by atoms with Crippen molar-refractivity contribution in [2.75, 3.05) is 12.3 Å². The molecule has 1 heterocycles. The van der Waals surface area contributed by atoms with Crippen molar-refractivity contribution in [2.45, 2.75) is 13.0 Å². The van der Waals surface area contributed by atoms with Crippen LogP contribution in [0.1, 0.15) is 6.42 Å². The number of nitrogens with zero attached hydrogens (tertiary/aromatic N) is 1. The predicted molar refractivity (Wildman–Crippen MR) is 84.4 cm³/mol. The number of aromatic nitrogens is 1. The summed E-state index contributed by atoms with van der Waals surface area (Å²) >= 11 is 9.24. The molecule has 0 atom stereocenters. The van der Waals surface area contributed by atoms with E-state index in [0.717, 1.165) is 10.2 Å². The SMILES string of the molecule is Nc1ccc(=O)n(CCCOc2ccc(Cl)cc2Br)c1. The van der Waals surface area contributed by atoms with Gasteiger partial charge in [0, 0.05) is 29.5 Å². The molecule has 0 spiro atoms. The summed E-state index contributed by atoms with van der Waals surface area (Å²) in [5.74, 6) is 0.731. The van der Waals surface area contributed by atoms with Crippen LogP contribution in [0.15, 0.2) is 45.8 Å². The highest BCUT2D eigenvalue weighted by Crippen LogP contribution is 2.27. The van der Waals surface area contributed by atoms with E-state index < -0.39 is 0 Å². The summed E-state index contributed by atoms with van der Waals surface area (Å²) in [5.41, 5.74) is 6.16. The van der Waals surface area contributed by atoms with Gasteiger partial charge in [-0.1, -0.05) is 11.6 Å². The summed E-state index contributed by atoms with van der Waals surface area (Å²) in [7, 11) is 0. The zero-order valence-corrected chi connectivity index (χ0v) is 13.0. The van der Waals surface area contributed by atoms with Crippen LogP contribution >= 0.6 is 27.5 Å². The molecule has 0 fully saturated rings. The topological polar surface area (TPSA) is 57.2 Å². The molecular formula is C14H14BrClN2O2. The molecule has 0 aliphatic rings. The van der Waals surface area contributed by atoms with Gasteiger partial charge in [0.2, 0.25) is 0 Å². The highest BCUT2D eigenvalue weighted by molar-refractivity contribution is 9.10. The predicted octanol–water partition coefficient (Wildman–Crippen LogP) is 3.32. The zero-order chi connectivity index (χ0) is 14.5. The minimum atomic E-state index is -0.0631. The highest BCUT2D eigenvalue weighted by atomic mass is 79.9. The number of nitrogen functional groups attached to an aromatic ring is 1. The van der Waals surface area contributed by atoms with Gasteiger partial charge in [0.05, 0.1) is 11.1 Å². The summed E-state index contributed by atoms with van der Waals surface area (Å²) in [6.07, 6.45) is 2.35. The standard InChI is InChI=1S/C14H14BrClN2O2/c15-12-8-10(16)2-4-13(12)20-7-1-6-18-9-11(17)3-5-14(18)19/h2-5,8-9H,1,6-7,17H2. The van der Waals surface area contributed by atoms with Crippen molar-refractivity contribution >= 4 is 33.2 Å². The lowest BCUT2D eigenvalue weighted by Gasteiger charge is -2.09. The molecule has 0 amide bonds. The van der Waals surface area contributed by atoms with Crippen LogP contribution in [0.4, 0.5) is 5.69 Å². The second kappa shape index (κ2) is 6.81. The van der Waals surface area contributed by atoms with Crippen molar-refractivity contribution in [1.82, 2.24) is 4.57 Å². The van der Waals surface area contributed by atoms with E-state index in [1.807, 2.05) is 0 Å². The quantitative estimate of drug-likeness (QED) is 0.835. The fourth-order valence-corrected chi connectivity index (χ4v) is 2.53. The third kappa shape index (κ3) is 4.02. The van der Waals surface area contributed by atoms with Gasteiger partial charge in [0.25, 0.3) is 5.56 Å². The van der Waals surface area contributed by atoms with Crippen molar-refractivity contribution in [2.24, 2.45) is 0 Å². The van der Waals surface area contributed by atoms with Crippen LogP contribution in [-0.4, -0.2) is 11.2 Å². The zero-order valence-electron chi connectivity index (χ0n) is 10.7. The lowest BCUT2D eigenvalue weighted by molar-refractivity contribution is 0.299. The molecule has 0 unspecified atom stereocenters. The first kappa shape index (κ1) is 14.9. The smallest absolute Gasteiger partial charge is 0.250 e. The van der Waals surface area contributed by atoms with Crippen LogP contribution in [-0.2, 0) is 6.54 Å². The molecule has 6 heteroatoms. The molecule has 1 aromatic heterocycles. The second-order valence-electron chi connectivity index (χ2n) is 4.27. The lowest BCUT2D eigenvalue weighted by atomic mass is 10.3. The largest absolute Gasteiger partial charge is 0.492 e. The fraction of sp³-hybridized carbons (Fsp3) is 0.214. The Morgan fingerprint density at radius 1 is 1.30 bits per heavy atom. The molecule has 0 aliphatic carbocycles. The van der Waals surface area contributed by atoms with Crippen LogP contribution in [0.3, 0.4) is 0 Å². The Labute approximate surface area is 130 Å². The summed E-state index contributed by atoms with van der Waals surface area (Å²) < 4.78 is 8.02. The van der Waals surface area contributed by atoms with E-state index in [1.165, 1.54) is 6.07 Å². The van der Waals surface area contributed by atoms with Gasteiger partial charge >= 0.3 is 0 Å². The van der Waals surface area contributed by atoms with Gasteiger partial charge in [0.1, 0.15) is 5.75 Å². The summed E-state index contributed by atoms with van der Waals surface area (Å²) in [6, 6.07) is 8.41. The Balaban J connectivity index is 1.87. The van der Waals surface area contributed by atoms with Gasteiger partial charge in [-0.25, -0.2) is 0 Å². The molecule has 2 rings (SSSR count). The first-order valence-electron chi connectivity index (χ1n) is 6.10. The number of rotatable bonds is 5. The average Bonchev–Trinajstić information content (AvgIpc) is 2.40. The van der Waals surface area contributed by atoms with Gasteiger partial charge in [-0.15, -0.1) is 0 Å². The van der Waals surface area contributed by atoms with Crippen LogP contribution in [0.5, 0.6) is 5.75 Å². The molecule has 0 saturated heterocycles. The van der Waals surface area contributed by atoms with Crippen molar-refractivity contribution in [3.8, 4) is 5.75 Å². The number of ether oxygens (including phenoxy) is 1. The normalized spacial score (nSPS) is 10.5. The lowest BCUT2D eigenvalue weighted by Crippen LogP contribution is -2.20. The molecule has 1 aromatic carbocycles. The van der Waals surface area contributed by atoms with Crippen LogP contribution in [0, 0.1) is 0 Å². The van der Waals surface area contributed by atoms with Crippen molar-refractivity contribution in [1.29, 1.82) is 0 Å². The van der Waals surface area contributed by atoms with Crippen molar-refractivity contribution < 1.29 is 4.74 Å². The van der Waals surface area contributed by atoms with Crippen LogP contribution in [0.25, 0.3) is 0 Å². The Kier molecular flexibility index (Phi) is 5.09. The first-order valence-corrected chi connectivity index (χ1v) is 7.27. The summed E-state index contributed by atoms with van der Waals surface area (Å²) in [5, 5.41) is 0.649. The Hall–Kier alpha value is -1.46. The van der Waals surface area contributed by atoms with Crippen LogP contribution < -0.4 is 16.0 Å². The van der Waals surface area contributed by atoms with E-state index in [9.17, 15) is 4.79 Å². The Morgan fingerprint density at radius 2 is 2.10 bits per heavy atom. The monoisotopic (exact) mass is 356 g/mol.